The molecule has 1 aromatic heterocycles. The molecule has 0 aliphatic carbocycles. The molecule has 2 aromatic carbocycles. The summed E-state index contributed by atoms with van der Waals surface area (Å²) >= 11 is 0. The standard InChI is InChI=1S/C19H20N2O3/c1-3-13-5-7-14(8-6-13)24-18-12-20-21-19(18)16-10-9-15(23-4-2)11-17(16)22/h5-12,22H,3-4H2,1-2H3,(H,20,21). The van der Waals surface area contributed by atoms with E-state index in [9.17, 15) is 5.11 Å². The highest BCUT2D eigenvalue weighted by Gasteiger charge is 2.14. The van der Waals surface area contributed by atoms with Crippen molar-refractivity contribution >= 4 is 0 Å². The van der Waals surface area contributed by atoms with Gasteiger partial charge in [0.25, 0.3) is 0 Å². The van der Waals surface area contributed by atoms with Crippen molar-refractivity contribution in [2.75, 3.05) is 6.61 Å². The maximum Gasteiger partial charge on any atom is 0.173 e. The summed E-state index contributed by atoms with van der Waals surface area (Å²) in [4.78, 5) is 0. The first-order valence-electron chi connectivity index (χ1n) is 7.97. The lowest BCUT2D eigenvalue weighted by atomic mass is 10.1. The molecule has 0 aliphatic heterocycles. The minimum atomic E-state index is 0.108. The Kier molecular flexibility index (Phi) is 4.70. The number of aromatic nitrogens is 2. The Bertz CT molecular complexity index is 810. The van der Waals surface area contributed by atoms with Gasteiger partial charge in [-0.3, -0.25) is 5.10 Å². The van der Waals surface area contributed by atoms with Crippen LogP contribution in [-0.4, -0.2) is 21.9 Å². The van der Waals surface area contributed by atoms with Crippen LogP contribution in [0.4, 0.5) is 0 Å². The number of aromatic hydroxyl groups is 1. The molecule has 124 valence electrons. The molecule has 0 saturated heterocycles. The second kappa shape index (κ2) is 7.08. The van der Waals surface area contributed by atoms with Crippen LogP contribution in [0.3, 0.4) is 0 Å². The quantitative estimate of drug-likeness (QED) is 0.699. The zero-order valence-electron chi connectivity index (χ0n) is 13.7. The van der Waals surface area contributed by atoms with E-state index in [-0.39, 0.29) is 5.75 Å². The Hall–Kier alpha value is -2.95. The summed E-state index contributed by atoms with van der Waals surface area (Å²) in [5.74, 6) is 2.01. The lowest BCUT2D eigenvalue weighted by Gasteiger charge is -2.09. The molecule has 0 unspecified atom stereocenters. The average Bonchev–Trinajstić information content (AvgIpc) is 3.04. The van der Waals surface area contributed by atoms with E-state index in [0.717, 1.165) is 12.2 Å². The Morgan fingerprint density at radius 2 is 1.79 bits per heavy atom. The average molecular weight is 324 g/mol. The number of nitrogens with one attached hydrogen (secondary N) is 1. The van der Waals surface area contributed by atoms with E-state index in [0.29, 0.717) is 29.4 Å². The molecule has 24 heavy (non-hydrogen) atoms. The summed E-state index contributed by atoms with van der Waals surface area (Å²) in [7, 11) is 0. The largest absolute Gasteiger partial charge is 0.507 e. The van der Waals surface area contributed by atoms with Gasteiger partial charge in [0.1, 0.15) is 22.9 Å². The fourth-order valence-corrected chi connectivity index (χ4v) is 2.44. The third-order valence-electron chi connectivity index (χ3n) is 3.71. The third kappa shape index (κ3) is 3.35. The van der Waals surface area contributed by atoms with E-state index in [4.69, 9.17) is 9.47 Å². The highest BCUT2D eigenvalue weighted by molar-refractivity contribution is 5.73. The van der Waals surface area contributed by atoms with Crippen molar-refractivity contribution in [3.63, 3.8) is 0 Å². The number of hydrogen-bond donors (Lipinski definition) is 2. The third-order valence-corrected chi connectivity index (χ3v) is 3.71. The maximum atomic E-state index is 10.3. The number of aryl methyl sites for hydroxylation is 1. The summed E-state index contributed by atoms with van der Waals surface area (Å²) in [6, 6.07) is 13.1. The molecule has 0 aliphatic rings. The predicted octanol–water partition coefficient (Wildman–Crippen LogP) is 4.54. The molecule has 5 nitrogen and oxygen atoms in total. The van der Waals surface area contributed by atoms with E-state index in [1.54, 1.807) is 24.4 Å². The van der Waals surface area contributed by atoms with E-state index >= 15 is 0 Å². The SMILES string of the molecule is CCOc1ccc(-c2[nH]ncc2Oc2ccc(CC)cc2)c(O)c1. The summed E-state index contributed by atoms with van der Waals surface area (Å²) in [5, 5.41) is 17.2. The second-order valence-electron chi connectivity index (χ2n) is 5.32. The number of benzene rings is 2. The molecule has 0 atom stereocenters. The molecule has 0 bridgehead atoms. The van der Waals surface area contributed by atoms with Gasteiger partial charge in [-0.25, -0.2) is 0 Å². The first-order valence-corrected chi connectivity index (χ1v) is 7.97. The monoisotopic (exact) mass is 324 g/mol. The van der Waals surface area contributed by atoms with Gasteiger partial charge in [0.2, 0.25) is 0 Å². The van der Waals surface area contributed by atoms with Crippen LogP contribution in [0.2, 0.25) is 0 Å². The van der Waals surface area contributed by atoms with Gasteiger partial charge in [-0.15, -0.1) is 0 Å². The fraction of sp³-hybridized carbons (Fsp3) is 0.211. The number of hydrogen-bond acceptors (Lipinski definition) is 4. The van der Waals surface area contributed by atoms with E-state index < -0.39 is 0 Å². The first-order chi connectivity index (χ1) is 11.7. The molecule has 0 spiro atoms. The smallest absolute Gasteiger partial charge is 0.173 e. The van der Waals surface area contributed by atoms with Crippen LogP contribution < -0.4 is 9.47 Å². The van der Waals surface area contributed by atoms with Crippen LogP contribution in [0.5, 0.6) is 23.0 Å². The fourth-order valence-electron chi connectivity index (χ4n) is 2.44. The van der Waals surface area contributed by atoms with Gasteiger partial charge < -0.3 is 14.6 Å². The van der Waals surface area contributed by atoms with Crippen LogP contribution in [-0.2, 0) is 6.42 Å². The topological polar surface area (TPSA) is 67.4 Å². The van der Waals surface area contributed by atoms with Gasteiger partial charge >= 0.3 is 0 Å². The zero-order valence-corrected chi connectivity index (χ0v) is 13.7. The van der Waals surface area contributed by atoms with Crippen molar-refractivity contribution in [2.24, 2.45) is 0 Å². The minimum absolute atomic E-state index is 0.108. The van der Waals surface area contributed by atoms with E-state index in [2.05, 4.69) is 17.1 Å². The van der Waals surface area contributed by atoms with Crippen molar-refractivity contribution in [1.29, 1.82) is 0 Å². The van der Waals surface area contributed by atoms with Crippen molar-refractivity contribution < 1.29 is 14.6 Å². The first kappa shape index (κ1) is 15.9. The number of ether oxygens (including phenoxy) is 2. The molecule has 0 radical (unpaired) electrons. The lowest BCUT2D eigenvalue weighted by molar-refractivity contribution is 0.338. The molecule has 2 N–H and O–H groups in total. The van der Waals surface area contributed by atoms with Crippen LogP contribution in [0.1, 0.15) is 19.4 Å². The normalized spacial score (nSPS) is 10.6. The summed E-state index contributed by atoms with van der Waals surface area (Å²) in [5.41, 5.74) is 2.48. The Morgan fingerprint density at radius 1 is 1.04 bits per heavy atom. The zero-order chi connectivity index (χ0) is 16.9. The predicted molar refractivity (Wildman–Crippen MR) is 92.8 cm³/mol. The highest BCUT2D eigenvalue weighted by Crippen LogP contribution is 2.37. The highest BCUT2D eigenvalue weighted by atomic mass is 16.5. The van der Waals surface area contributed by atoms with Gasteiger partial charge in [0, 0.05) is 11.6 Å². The van der Waals surface area contributed by atoms with E-state index in [1.165, 1.54) is 5.56 Å². The Labute approximate surface area is 140 Å². The number of nitrogens with zero attached hydrogens (tertiary/aromatic N) is 1. The molecular weight excluding hydrogens is 304 g/mol. The molecule has 3 aromatic rings. The van der Waals surface area contributed by atoms with Crippen molar-refractivity contribution in [3.8, 4) is 34.3 Å². The maximum absolute atomic E-state index is 10.3. The number of aromatic amines is 1. The van der Waals surface area contributed by atoms with Crippen molar-refractivity contribution in [1.82, 2.24) is 10.2 Å². The molecule has 0 amide bonds. The second-order valence-corrected chi connectivity index (χ2v) is 5.32. The van der Waals surface area contributed by atoms with Gasteiger partial charge in [0.05, 0.1) is 12.8 Å². The van der Waals surface area contributed by atoms with Crippen LogP contribution in [0, 0.1) is 0 Å². The van der Waals surface area contributed by atoms with Gasteiger partial charge in [-0.2, -0.15) is 5.10 Å². The Balaban J connectivity index is 1.87. The van der Waals surface area contributed by atoms with Crippen LogP contribution >= 0.6 is 0 Å². The minimum Gasteiger partial charge on any atom is -0.507 e. The number of H-pyrrole nitrogens is 1. The summed E-state index contributed by atoms with van der Waals surface area (Å²) in [6.07, 6.45) is 2.58. The molecule has 0 fully saturated rings. The molecule has 0 saturated carbocycles. The molecule has 3 rings (SSSR count). The molecule has 5 heteroatoms. The van der Waals surface area contributed by atoms with Crippen LogP contribution in [0.15, 0.2) is 48.7 Å². The number of phenolic OH excluding ortho intramolecular Hbond substituents is 1. The summed E-state index contributed by atoms with van der Waals surface area (Å²) < 4.78 is 11.3. The van der Waals surface area contributed by atoms with Crippen molar-refractivity contribution in [2.45, 2.75) is 20.3 Å². The van der Waals surface area contributed by atoms with E-state index in [1.807, 2.05) is 31.2 Å². The van der Waals surface area contributed by atoms with Crippen LogP contribution in [0.25, 0.3) is 11.3 Å². The molecular formula is C19H20N2O3. The van der Waals surface area contributed by atoms with Gasteiger partial charge in [-0.05, 0) is 43.2 Å². The molecule has 1 heterocycles. The van der Waals surface area contributed by atoms with Gasteiger partial charge in [-0.1, -0.05) is 19.1 Å². The van der Waals surface area contributed by atoms with Gasteiger partial charge in [0.15, 0.2) is 5.75 Å². The van der Waals surface area contributed by atoms with Crippen molar-refractivity contribution in [3.05, 3.63) is 54.2 Å². The Morgan fingerprint density at radius 3 is 2.46 bits per heavy atom. The lowest BCUT2D eigenvalue weighted by Crippen LogP contribution is -1.92. The number of rotatable bonds is 6. The summed E-state index contributed by atoms with van der Waals surface area (Å²) in [6.45, 7) is 4.55. The number of phenols is 1.